The summed E-state index contributed by atoms with van der Waals surface area (Å²) in [5, 5.41) is 8.07. The predicted molar refractivity (Wildman–Crippen MR) is 77.5 cm³/mol. The quantitative estimate of drug-likeness (QED) is 0.456. The van der Waals surface area contributed by atoms with E-state index in [4.69, 9.17) is 17.0 Å². The summed E-state index contributed by atoms with van der Waals surface area (Å²) in [5.41, 5.74) is 0. The van der Waals surface area contributed by atoms with Gasteiger partial charge in [0.2, 0.25) is 0 Å². The fraction of sp³-hybridized carbons (Fsp3) is 0.750. The van der Waals surface area contributed by atoms with Crippen molar-refractivity contribution in [2.45, 2.75) is 31.0 Å². The topological polar surface area (TPSA) is 82.7 Å². The lowest BCUT2D eigenvalue weighted by atomic mass is 10.2. The van der Waals surface area contributed by atoms with Crippen molar-refractivity contribution in [3.8, 4) is 0 Å². The standard InChI is InChI=1S/C12H20N4O3S/c1-16(2)11(20)9-5-7(6-13-9)19-4-3-8-10(17)15-12(18)14-8/h7-9,13H,3-6H2,1-2H3,(H2,14,15,17,18)/t7-,8?,9+/m1/s1. The van der Waals surface area contributed by atoms with Gasteiger partial charge < -0.3 is 20.3 Å². The van der Waals surface area contributed by atoms with Crippen LogP contribution in [0.25, 0.3) is 0 Å². The van der Waals surface area contributed by atoms with Gasteiger partial charge in [0.15, 0.2) is 0 Å². The van der Waals surface area contributed by atoms with Crippen molar-refractivity contribution in [3.05, 3.63) is 0 Å². The monoisotopic (exact) mass is 300 g/mol. The van der Waals surface area contributed by atoms with Gasteiger partial charge >= 0.3 is 6.03 Å². The van der Waals surface area contributed by atoms with Crippen LogP contribution in [0.3, 0.4) is 0 Å². The molecule has 0 aromatic heterocycles. The third-order valence-corrected chi connectivity index (χ3v) is 4.10. The maximum Gasteiger partial charge on any atom is 0.322 e. The molecule has 0 aliphatic carbocycles. The zero-order chi connectivity index (χ0) is 14.7. The summed E-state index contributed by atoms with van der Waals surface area (Å²) in [7, 11) is 3.86. The Morgan fingerprint density at radius 3 is 2.80 bits per heavy atom. The first-order valence-corrected chi connectivity index (χ1v) is 7.05. The Morgan fingerprint density at radius 1 is 1.45 bits per heavy atom. The molecule has 8 heteroatoms. The molecule has 112 valence electrons. The second kappa shape index (κ2) is 6.47. The Balaban J connectivity index is 1.67. The Labute approximate surface area is 123 Å². The van der Waals surface area contributed by atoms with Gasteiger partial charge in [-0.15, -0.1) is 0 Å². The van der Waals surface area contributed by atoms with Crippen molar-refractivity contribution >= 4 is 29.1 Å². The van der Waals surface area contributed by atoms with E-state index in [1.54, 1.807) is 0 Å². The summed E-state index contributed by atoms with van der Waals surface area (Å²) in [4.78, 5) is 25.1. The minimum absolute atomic E-state index is 0.0954. The first-order chi connectivity index (χ1) is 9.47. The van der Waals surface area contributed by atoms with Crippen LogP contribution < -0.4 is 16.0 Å². The zero-order valence-corrected chi connectivity index (χ0v) is 12.5. The van der Waals surface area contributed by atoms with Crippen molar-refractivity contribution in [3.63, 3.8) is 0 Å². The van der Waals surface area contributed by atoms with Gasteiger partial charge in [0.1, 0.15) is 6.04 Å². The molecule has 0 radical (unpaired) electrons. The fourth-order valence-corrected chi connectivity index (χ4v) is 2.52. The van der Waals surface area contributed by atoms with E-state index in [-0.39, 0.29) is 18.1 Å². The van der Waals surface area contributed by atoms with Crippen LogP contribution in [-0.2, 0) is 9.53 Å². The van der Waals surface area contributed by atoms with Crippen molar-refractivity contribution in [2.75, 3.05) is 27.2 Å². The Hall–Kier alpha value is -1.25. The Bertz CT molecular complexity index is 416. The molecule has 2 fully saturated rings. The first-order valence-electron chi connectivity index (χ1n) is 6.65. The van der Waals surface area contributed by atoms with Crippen LogP contribution in [-0.4, -0.2) is 67.3 Å². The van der Waals surface area contributed by atoms with Gasteiger partial charge in [0, 0.05) is 33.7 Å². The number of likely N-dealkylation sites (N-methyl/N-ethyl adjacent to an activating group) is 1. The Kier molecular flexibility index (Phi) is 4.90. The number of nitrogens with one attached hydrogen (secondary N) is 3. The van der Waals surface area contributed by atoms with Crippen molar-refractivity contribution in [1.29, 1.82) is 0 Å². The van der Waals surface area contributed by atoms with E-state index in [0.717, 1.165) is 18.0 Å². The van der Waals surface area contributed by atoms with E-state index in [9.17, 15) is 9.59 Å². The van der Waals surface area contributed by atoms with Gasteiger partial charge in [-0.25, -0.2) is 4.79 Å². The van der Waals surface area contributed by atoms with Gasteiger partial charge in [-0.3, -0.25) is 10.1 Å². The second-order valence-corrected chi connectivity index (χ2v) is 5.64. The molecule has 3 amide bonds. The maximum absolute atomic E-state index is 11.3. The summed E-state index contributed by atoms with van der Waals surface area (Å²) >= 11 is 5.33. The molecule has 3 atom stereocenters. The lowest BCUT2D eigenvalue weighted by molar-refractivity contribution is -0.120. The summed E-state index contributed by atoms with van der Waals surface area (Å²) < 4.78 is 5.74. The number of nitrogens with zero attached hydrogens (tertiary/aromatic N) is 1. The molecule has 0 saturated carbocycles. The normalized spacial score (nSPS) is 29.2. The van der Waals surface area contributed by atoms with Crippen molar-refractivity contribution < 1.29 is 14.3 Å². The maximum atomic E-state index is 11.3. The minimum Gasteiger partial charge on any atom is -0.377 e. The smallest absolute Gasteiger partial charge is 0.322 e. The van der Waals surface area contributed by atoms with Crippen LogP contribution in [0.2, 0.25) is 0 Å². The van der Waals surface area contributed by atoms with Crippen molar-refractivity contribution in [1.82, 2.24) is 20.9 Å². The van der Waals surface area contributed by atoms with Gasteiger partial charge in [-0.1, -0.05) is 12.2 Å². The van der Waals surface area contributed by atoms with Crippen LogP contribution in [0.5, 0.6) is 0 Å². The molecule has 0 aromatic carbocycles. The molecule has 2 heterocycles. The Morgan fingerprint density at radius 2 is 2.20 bits per heavy atom. The van der Waals surface area contributed by atoms with Crippen LogP contribution in [0, 0.1) is 0 Å². The third-order valence-electron chi connectivity index (χ3n) is 3.45. The third kappa shape index (κ3) is 3.65. The largest absolute Gasteiger partial charge is 0.377 e. The highest BCUT2D eigenvalue weighted by Crippen LogP contribution is 2.14. The number of hydrogen-bond donors (Lipinski definition) is 3. The number of carbonyl (C=O) groups is 2. The van der Waals surface area contributed by atoms with E-state index in [2.05, 4.69) is 16.0 Å². The van der Waals surface area contributed by atoms with E-state index < -0.39 is 12.1 Å². The summed E-state index contributed by atoms with van der Waals surface area (Å²) in [5.74, 6) is -0.283. The molecule has 3 N–H and O–H groups in total. The number of urea groups is 1. The van der Waals surface area contributed by atoms with Crippen LogP contribution in [0.15, 0.2) is 0 Å². The molecule has 20 heavy (non-hydrogen) atoms. The SMILES string of the molecule is CN(C)C(=S)[C@@H]1C[C@@H](OCCC2NC(=O)NC2=O)CN1. The molecule has 2 rings (SSSR count). The first kappa shape index (κ1) is 15.1. The minimum atomic E-state index is -0.476. The summed E-state index contributed by atoms with van der Waals surface area (Å²) in [6.45, 7) is 1.19. The van der Waals surface area contributed by atoms with Gasteiger partial charge in [0.05, 0.1) is 17.1 Å². The van der Waals surface area contributed by atoms with E-state index >= 15 is 0 Å². The van der Waals surface area contributed by atoms with Gasteiger partial charge in [0.25, 0.3) is 5.91 Å². The molecule has 0 spiro atoms. The highest BCUT2D eigenvalue weighted by Gasteiger charge is 2.31. The lowest BCUT2D eigenvalue weighted by Crippen LogP contribution is -2.38. The number of imide groups is 1. The van der Waals surface area contributed by atoms with Gasteiger partial charge in [-0.2, -0.15) is 0 Å². The number of hydrogen-bond acceptors (Lipinski definition) is 5. The second-order valence-electron chi connectivity index (χ2n) is 5.23. The van der Waals surface area contributed by atoms with E-state index in [0.29, 0.717) is 13.0 Å². The van der Waals surface area contributed by atoms with Crippen LogP contribution in [0.4, 0.5) is 4.79 Å². The van der Waals surface area contributed by atoms with E-state index in [1.165, 1.54) is 0 Å². The average molecular weight is 300 g/mol. The van der Waals surface area contributed by atoms with Crippen molar-refractivity contribution in [2.24, 2.45) is 0 Å². The fourth-order valence-electron chi connectivity index (χ4n) is 2.34. The summed E-state index contributed by atoms with van der Waals surface area (Å²) in [6, 6.07) is -0.742. The molecule has 0 aromatic rings. The zero-order valence-electron chi connectivity index (χ0n) is 11.6. The molecule has 0 bridgehead atoms. The molecule has 2 saturated heterocycles. The lowest BCUT2D eigenvalue weighted by Gasteiger charge is -2.19. The summed E-state index contributed by atoms with van der Waals surface area (Å²) in [6.07, 6.45) is 1.41. The molecular weight excluding hydrogens is 280 g/mol. The number of rotatable bonds is 5. The number of amides is 3. The van der Waals surface area contributed by atoms with Gasteiger partial charge in [-0.05, 0) is 6.42 Å². The average Bonchev–Trinajstić information content (AvgIpc) is 2.96. The number of ether oxygens (including phenoxy) is 1. The predicted octanol–water partition coefficient (Wildman–Crippen LogP) is -0.779. The highest BCUT2D eigenvalue weighted by molar-refractivity contribution is 7.80. The highest BCUT2D eigenvalue weighted by atomic mass is 32.1. The molecule has 2 aliphatic rings. The van der Waals surface area contributed by atoms with Crippen LogP contribution in [0.1, 0.15) is 12.8 Å². The number of carbonyl (C=O) groups excluding carboxylic acids is 2. The molecule has 2 aliphatic heterocycles. The molecule has 7 nitrogen and oxygen atoms in total. The van der Waals surface area contributed by atoms with Crippen LogP contribution >= 0.6 is 12.2 Å². The van der Waals surface area contributed by atoms with E-state index in [1.807, 2.05) is 19.0 Å². The molecular formula is C12H20N4O3S. The number of thiocarbonyl (C=S) groups is 1. The molecule has 1 unspecified atom stereocenters.